The monoisotopic (exact) mass is 353 g/mol. The van der Waals surface area contributed by atoms with Crippen LogP contribution in [-0.4, -0.2) is 39.0 Å². The molecule has 0 spiro atoms. The number of methoxy groups -OCH3 is 1. The van der Waals surface area contributed by atoms with E-state index in [-0.39, 0.29) is 17.5 Å². The smallest absolute Gasteiger partial charge is 0.323 e. The average Bonchev–Trinajstić information content (AvgIpc) is 2.72. The van der Waals surface area contributed by atoms with Gasteiger partial charge in [-0.25, -0.2) is 8.42 Å². The Morgan fingerprint density at radius 2 is 2.22 bits per heavy atom. The van der Waals surface area contributed by atoms with Crippen molar-refractivity contribution in [2.24, 2.45) is 0 Å². The molecule has 1 saturated heterocycles. The SMILES string of the molecule is COC(=O)C1CS(=O)(=O)CC(c2ccc(Br)s2)N1. The summed E-state index contributed by atoms with van der Waals surface area (Å²) < 4.78 is 29.2. The van der Waals surface area contributed by atoms with E-state index in [0.717, 1.165) is 8.66 Å². The number of thiophene rings is 1. The summed E-state index contributed by atoms with van der Waals surface area (Å²) in [7, 11) is -2.00. The van der Waals surface area contributed by atoms with E-state index in [0.29, 0.717) is 0 Å². The molecular formula is C10H12BrNO4S2. The van der Waals surface area contributed by atoms with Crippen LogP contribution in [0.15, 0.2) is 15.9 Å². The molecule has 8 heteroatoms. The Balaban J connectivity index is 2.24. The molecule has 0 aliphatic carbocycles. The number of sulfone groups is 1. The number of esters is 1. The van der Waals surface area contributed by atoms with Gasteiger partial charge in [-0.2, -0.15) is 0 Å². The van der Waals surface area contributed by atoms with Crippen LogP contribution >= 0.6 is 27.3 Å². The number of rotatable bonds is 2. The Bertz CT molecular complexity index is 554. The predicted molar refractivity (Wildman–Crippen MR) is 72.4 cm³/mol. The second-order valence-electron chi connectivity index (χ2n) is 4.01. The molecule has 100 valence electrons. The van der Waals surface area contributed by atoms with E-state index >= 15 is 0 Å². The van der Waals surface area contributed by atoms with Crippen molar-refractivity contribution in [1.82, 2.24) is 5.32 Å². The van der Waals surface area contributed by atoms with Crippen LogP contribution in [0.3, 0.4) is 0 Å². The Morgan fingerprint density at radius 3 is 2.78 bits per heavy atom. The average molecular weight is 354 g/mol. The van der Waals surface area contributed by atoms with E-state index in [1.165, 1.54) is 18.4 Å². The van der Waals surface area contributed by atoms with Crippen LogP contribution in [0.5, 0.6) is 0 Å². The topological polar surface area (TPSA) is 72.5 Å². The van der Waals surface area contributed by atoms with Crippen molar-refractivity contribution in [3.05, 3.63) is 20.8 Å². The minimum absolute atomic E-state index is 0.00739. The highest BCUT2D eigenvalue weighted by Crippen LogP contribution is 2.30. The van der Waals surface area contributed by atoms with Gasteiger partial charge < -0.3 is 4.74 Å². The summed E-state index contributed by atoms with van der Waals surface area (Å²) in [4.78, 5) is 12.4. The zero-order valence-electron chi connectivity index (χ0n) is 9.55. The summed E-state index contributed by atoms with van der Waals surface area (Å²) in [6, 6.07) is 2.56. The van der Waals surface area contributed by atoms with E-state index in [1.54, 1.807) is 0 Å². The van der Waals surface area contributed by atoms with Gasteiger partial charge in [0.15, 0.2) is 9.84 Å². The van der Waals surface area contributed by atoms with Gasteiger partial charge >= 0.3 is 5.97 Å². The zero-order chi connectivity index (χ0) is 13.3. The summed E-state index contributed by atoms with van der Waals surface area (Å²) in [6.45, 7) is 0. The lowest BCUT2D eigenvalue weighted by molar-refractivity contribution is -0.142. The van der Waals surface area contributed by atoms with E-state index in [1.807, 2.05) is 12.1 Å². The Hall–Kier alpha value is -0.440. The van der Waals surface area contributed by atoms with Gasteiger partial charge in [-0.05, 0) is 28.1 Å². The number of hydrogen-bond donors (Lipinski definition) is 1. The maximum atomic E-state index is 11.8. The number of halogens is 1. The minimum Gasteiger partial charge on any atom is -0.468 e. The third-order valence-electron chi connectivity index (χ3n) is 2.67. The molecule has 1 aliphatic rings. The van der Waals surface area contributed by atoms with Gasteiger partial charge in [0.1, 0.15) is 6.04 Å². The highest BCUT2D eigenvalue weighted by Gasteiger charge is 2.36. The van der Waals surface area contributed by atoms with Crippen molar-refractivity contribution in [3.63, 3.8) is 0 Å². The molecule has 0 saturated carbocycles. The molecule has 2 rings (SSSR count). The number of ether oxygens (including phenoxy) is 1. The van der Waals surface area contributed by atoms with Crippen molar-refractivity contribution < 1.29 is 17.9 Å². The van der Waals surface area contributed by atoms with E-state index in [4.69, 9.17) is 0 Å². The molecule has 1 fully saturated rings. The van der Waals surface area contributed by atoms with Gasteiger partial charge in [0.25, 0.3) is 0 Å². The fourth-order valence-electron chi connectivity index (χ4n) is 1.87. The van der Waals surface area contributed by atoms with E-state index < -0.39 is 21.8 Å². The predicted octanol–water partition coefficient (Wildman–Crippen LogP) is 1.11. The van der Waals surface area contributed by atoms with Crippen LogP contribution in [0, 0.1) is 0 Å². The van der Waals surface area contributed by atoms with Crippen molar-refractivity contribution >= 4 is 43.1 Å². The number of hydrogen-bond acceptors (Lipinski definition) is 6. The molecule has 1 N–H and O–H groups in total. The molecule has 0 bridgehead atoms. The number of nitrogens with one attached hydrogen (secondary N) is 1. The van der Waals surface area contributed by atoms with Crippen LogP contribution in [0.4, 0.5) is 0 Å². The van der Waals surface area contributed by atoms with Crippen molar-refractivity contribution in [2.45, 2.75) is 12.1 Å². The van der Waals surface area contributed by atoms with Gasteiger partial charge in [-0.15, -0.1) is 11.3 Å². The maximum Gasteiger partial charge on any atom is 0.323 e. The van der Waals surface area contributed by atoms with Crippen LogP contribution in [0.1, 0.15) is 10.9 Å². The molecule has 1 aromatic rings. The molecule has 1 aliphatic heterocycles. The second-order valence-corrected chi connectivity index (χ2v) is 8.66. The van der Waals surface area contributed by atoms with Crippen LogP contribution in [0.2, 0.25) is 0 Å². The normalized spacial score (nSPS) is 26.8. The Labute approximate surface area is 118 Å². The summed E-state index contributed by atoms with van der Waals surface area (Å²) in [5.41, 5.74) is 0. The van der Waals surface area contributed by atoms with E-state index in [2.05, 4.69) is 26.0 Å². The molecule has 2 unspecified atom stereocenters. The number of carbonyl (C=O) groups is 1. The minimum atomic E-state index is -3.25. The lowest BCUT2D eigenvalue weighted by Gasteiger charge is -2.28. The lowest BCUT2D eigenvalue weighted by Crippen LogP contribution is -2.51. The first-order valence-electron chi connectivity index (χ1n) is 5.21. The molecule has 5 nitrogen and oxygen atoms in total. The fourth-order valence-corrected chi connectivity index (χ4v) is 5.12. The van der Waals surface area contributed by atoms with Crippen molar-refractivity contribution in [1.29, 1.82) is 0 Å². The third kappa shape index (κ3) is 3.11. The maximum absolute atomic E-state index is 11.8. The molecule has 2 heterocycles. The molecule has 0 amide bonds. The molecule has 0 radical (unpaired) electrons. The Kier molecular flexibility index (Phi) is 4.10. The molecule has 18 heavy (non-hydrogen) atoms. The van der Waals surface area contributed by atoms with Gasteiger partial charge in [0.05, 0.1) is 28.4 Å². The van der Waals surface area contributed by atoms with Crippen molar-refractivity contribution in [2.75, 3.05) is 18.6 Å². The summed E-state index contributed by atoms with van der Waals surface area (Å²) in [5, 5.41) is 3.03. The first-order chi connectivity index (χ1) is 8.41. The van der Waals surface area contributed by atoms with Crippen LogP contribution in [0.25, 0.3) is 0 Å². The Morgan fingerprint density at radius 1 is 1.50 bits per heavy atom. The van der Waals surface area contributed by atoms with Gasteiger partial charge in [-0.1, -0.05) is 0 Å². The first kappa shape index (κ1) is 14.0. The molecular weight excluding hydrogens is 342 g/mol. The third-order valence-corrected chi connectivity index (χ3v) is 6.09. The molecule has 2 atom stereocenters. The fraction of sp³-hybridized carbons (Fsp3) is 0.500. The van der Waals surface area contributed by atoms with Gasteiger partial charge in [0.2, 0.25) is 0 Å². The number of carbonyl (C=O) groups excluding carboxylic acids is 1. The second kappa shape index (κ2) is 5.28. The summed E-state index contributed by atoms with van der Waals surface area (Å²) in [6.07, 6.45) is 0. The lowest BCUT2D eigenvalue weighted by atomic mass is 10.2. The largest absolute Gasteiger partial charge is 0.468 e. The molecule has 1 aromatic heterocycles. The quantitative estimate of drug-likeness (QED) is 0.806. The standard InChI is InChI=1S/C10H12BrNO4S2/c1-16-10(13)7-5-18(14,15)4-6(12-7)8-2-3-9(11)17-8/h2-3,6-7,12H,4-5H2,1H3. The van der Waals surface area contributed by atoms with Gasteiger partial charge in [0, 0.05) is 4.88 Å². The van der Waals surface area contributed by atoms with Gasteiger partial charge in [-0.3, -0.25) is 10.1 Å². The van der Waals surface area contributed by atoms with Crippen molar-refractivity contribution in [3.8, 4) is 0 Å². The van der Waals surface area contributed by atoms with Crippen LogP contribution < -0.4 is 5.32 Å². The summed E-state index contributed by atoms with van der Waals surface area (Å²) >= 11 is 4.79. The summed E-state index contributed by atoms with van der Waals surface area (Å²) in [5.74, 6) is -0.741. The first-order valence-corrected chi connectivity index (χ1v) is 8.64. The highest BCUT2D eigenvalue weighted by molar-refractivity contribution is 9.11. The zero-order valence-corrected chi connectivity index (χ0v) is 12.8. The highest BCUT2D eigenvalue weighted by atomic mass is 79.9. The molecule has 0 aromatic carbocycles. The van der Waals surface area contributed by atoms with Crippen LogP contribution in [-0.2, 0) is 19.4 Å². The van der Waals surface area contributed by atoms with E-state index in [9.17, 15) is 13.2 Å².